The fraction of sp³-hybridized carbons (Fsp3) is 0.412. The largest absolute Gasteiger partial charge is 0.434 e. The number of hydrogen-bond acceptors (Lipinski definition) is 4. The van der Waals surface area contributed by atoms with Crippen LogP contribution in [0.1, 0.15) is 18.5 Å². The number of allylic oxidation sites excluding steroid dienone is 1. The molecule has 3 amide bonds. The van der Waals surface area contributed by atoms with Gasteiger partial charge in [0.05, 0.1) is 24.8 Å². The molecule has 140 valence electrons. The molecule has 2 aliphatic heterocycles. The molecule has 1 atom stereocenters. The maximum Gasteiger partial charge on any atom is 0.387 e. The Morgan fingerprint density at radius 2 is 2.00 bits per heavy atom. The molecule has 2 aliphatic rings. The molecule has 2 N–H and O–H groups in total. The predicted molar refractivity (Wildman–Crippen MR) is 87.6 cm³/mol. The fourth-order valence-electron chi connectivity index (χ4n) is 3.07. The van der Waals surface area contributed by atoms with E-state index in [0.717, 1.165) is 0 Å². The van der Waals surface area contributed by atoms with Crippen LogP contribution in [0, 0.1) is 0 Å². The molecule has 0 aliphatic carbocycles. The number of para-hydroxylation sites is 1. The van der Waals surface area contributed by atoms with Crippen molar-refractivity contribution in [3.63, 3.8) is 0 Å². The first kappa shape index (κ1) is 18.1. The summed E-state index contributed by atoms with van der Waals surface area (Å²) < 4.78 is 35.3. The zero-order valence-electron chi connectivity index (χ0n) is 14.1. The molecule has 7 nitrogen and oxygen atoms in total. The second kappa shape index (κ2) is 7.69. The number of nitrogens with zero attached hydrogens (tertiary/aromatic N) is 1. The minimum absolute atomic E-state index is 0.0882. The highest BCUT2D eigenvalue weighted by Crippen LogP contribution is 2.34. The molecule has 1 fully saturated rings. The fourth-order valence-corrected chi connectivity index (χ4v) is 3.07. The van der Waals surface area contributed by atoms with E-state index in [1.807, 2.05) is 0 Å². The van der Waals surface area contributed by atoms with Crippen LogP contribution in [0.15, 0.2) is 35.5 Å². The number of benzene rings is 1. The maximum absolute atomic E-state index is 13.0. The minimum atomic E-state index is -3.02. The molecule has 1 aromatic rings. The Balaban J connectivity index is 1.99. The summed E-state index contributed by atoms with van der Waals surface area (Å²) in [4.78, 5) is 26.6. The van der Waals surface area contributed by atoms with Crippen molar-refractivity contribution in [3.05, 3.63) is 41.1 Å². The zero-order chi connectivity index (χ0) is 18.7. The number of rotatable bonds is 4. The van der Waals surface area contributed by atoms with Crippen LogP contribution in [0.25, 0.3) is 0 Å². The number of hydrogen-bond donors (Lipinski definition) is 2. The number of ether oxygens (including phenoxy) is 2. The van der Waals surface area contributed by atoms with E-state index in [9.17, 15) is 18.4 Å². The Morgan fingerprint density at radius 1 is 1.31 bits per heavy atom. The number of amides is 3. The highest BCUT2D eigenvalue weighted by atomic mass is 19.3. The third-order valence-electron chi connectivity index (χ3n) is 4.24. The third-order valence-corrected chi connectivity index (χ3v) is 4.24. The second-order valence-corrected chi connectivity index (χ2v) is 5.89. The Bertz CT molecular complexity index is 732. The normalized spacial score (nSPS) is 20.7. The van der Waals surface area contributed by atoms with Gasteiger partial charge >= 0.3 is 12.6 Å². The summed E-state index contributed by atoms with van der Waals surface area (Å²) in [6, 6.07) is 4.69. The van der Waals surface area contributed by atoms with E-state index in [1.165, 1.54) is 6.07 Å². The van der Waals surface area contributed by atoms with Gasteiger partial charge < -0.3 is 25.0 Å². The van der Waals surface area contributed by atoms with E-state index < -0.39 is 18.7 Å². The van der Waals surface area contributed by atoms with Crippen molar-refractivity contribution in [1.82, 2.24) is 15.5 Å². The van der Waals surface area contributed by atoms with E-state index in [0.29, 0.717) is 37.6 Å². The van der Waals surface area contributed by atoms with Gasteiger partial charge in [-0.25, -0.2) is 4.79 Å². The SMILES string of the molecule is CC1=C(C(=O)N2CCOCC2)[C@@H](c2ccccc2OC(F)F)NC(=O)N1. The Labute approximate surface area is 148 Å². The standard InChI is InChI=1S/C17H19F2N3O4/c1-10-13(15(23)22-6-8-25-9-7-22)14(21-17(24)20-10)11-4-2-3-5-12(11)26-16(18)19/h2-5,14,16H,6-9H2,1H3,(H2,20,21,24)/t14-/m1/s1. The smallest absolute Gasteiger partial charge is 0.387 e. The summed E-state index contributed by atoms with van der Waals surface area (Å²) in [5.74, 6) is -0.370. The molecular formula is C17H19F2N3O4. The molecule has 0 bridgehead atoms. The first-order chi connectivity index (χ1) is 12.5. The van der Waals surface area contributed by atoms with Gasteiger partial charge in [-0.15, -0.1) is 0 Å². The maximum atomic E-state index is 13.0. The van der Waals surface area contributed by atoms with Gasteiger partial charge in [-0.2, -0.15) is 8.78 Å². The summed E-state index contributed by atoms with van der Waals surface area (Å²) in [5.41, 5.74) is 0.956. The third kappa shape index (κ3) is 3.77. The van der Waals surface area contributed by atoms with Crippen LogP contribution in [-0.2, 0) is 9.53 Å². The molecule has 3 rings (SSSR count). The average molecular weight is 367 g/mol. The molecule has 9 heteroatoms. The Kier molecular flexibility index (Phi) is 5.36. The molecule has 2 heterocycles. The van der Waals surface area contributed by atoms with Crippen molar-refractivity contribution in [2.24, 2.45) is 0 Å². The number of urea groups is 1. The van der Waals surface area contributed by atoms with E-state index in [-0.39, 0.29) is 17.2 Å². The number of alkyl halides is 2. The zero-order valence-corrected chi connectivity index (χ0v) is 14.1. The highest BCUT2D eigenvalue weighted by Gasteiger charge is 2.35. The molecule has 1 aromatic carbocycles. The van der Waals surface area contributed by atoms with Crippen LogP contribution < -0.4 is 15.4 Å². The van der Waals surface area contributed by atoms with Crippen LogP contribution >= 0.6 is 0 Å². The van der Waals surface area contributed by atoms with Gasteiger partial charge in [0.15, 0.2) is 0 Å². The summed E-state index contributed by atoms with van der Waals surface area (Å²) in [6.07, 6.45) is 0. The second-order valence-electron chi connectivity index (χ2n) is 5.89. The van der Waals surface area contributed by atoms with E-state index in [1.54, 1.807) is 30.0 Å². The van der Waals surface area contributed by atoms with Gasteiger partial charge in [0.25, 0.3) is 5.91 Å². The number of carbonyl (C=O) groups is 2. The van der Waals surface area contributed by atoms with Gasteiger partial charge in [-0.05, 0) is 13.0 Å². The van der Waals surface area contributed by atoms with E-state index in [2.05, 4.69) is 15.4 Å². The van der Waals surface area contributed by atoms with Crippen molar-refractivity contribution in [1.29, 1.82) is 0 Å². The summed E-state index contributed by atoms with van der Waals surface area (Å²) in [6.45, 7) is 0.283. The summed E-state index contributed by atoms with van der Waals surface area (Å²) in [5, 5.41) is 5.21. The quantitative estimate of drug-likeness (QED) is 0.850. The first-order valence-corrected chi connectivity index (χ1v) is 8.16. The molecule has 26 heavy (non-hydrogen) atoms. The molecular weight excluding hydrogens is 348 g/mol. The average Bonchev–Trinajstić information content (AvgIpc) is 2.61. The van der Waals surface area contributed by atoms with Crippen molar-refractivity contribution in [2.45, 2.75) is 19.6 Å². The lowest BCUT2D eigenvalue weighted by molar-refractivity contribution is -0.131. The lowest BCUT2D eigenvalue weighted by Crippen LogP contribution is -2.49. The lowest BCUT2D eigenvalue weighted by atomic mass is 9.93. The Hall–Kier alpha value is -2.68. The van der Waals surface area contributed by atoms with Gasteiger partial charge in [-0.3, -0.25) is 4.79 Å². The number of morpholine rings is 1. The highest BCUT2D eigenvalue weighted by molar-refractivity contribution is 5.98. The lowest BCUT2D eigenvalue weighted by Gasteiger charge is -2.34. The topological polar surface area (TPSA) is 79.9 Å². The van der Waals surface area contributed by atoms with Crippen molar-refractivity contribution in [3.8, 4) is 5.75 Å². The molecule has 0 saturated carbocycles. The summed E-state index contributed by atoms with van der Waals surface area (Å²) in [7, 11) is 0. The van der Waals surface area contributed by atoms with Crippen LogP contribution in [-0.4, -0.2) is 49.8 Å². The van der Waals surface area contributed by atoms with Crippen LogP contribution in [0.5, 0.6) is 5.75 Å². The Morgan fingerprint density at radius 3 is 2.69 bits per heavy atom. The molecule has 0 radical (unpaired) electrons. The monoisotopic (exact) mass is 367 g/mol. The van der Waals surface area contributed by atoms with Gasteiger partial charge in [0.2, 0.25) is 0 Å². The number of halogens is 2. The van der Waals surface area contributed by atoms with Crippen LogP contribution in [0.3, 0.4) is 0 Å². The first-order valence-electron chi connectivity index (χ1n) is 8.16. The minimum Gasteiger partial charge on any atom is -0.434 e. The van der Waals surface area contributed by atoms with E-state index >= 15 is 0 Å². The molecule has 0 aromatic heterocycles. The molecule has 0 unspecified atom stereocenters. The number of carbonyl (C=O) groups excluding carboxylic acids is 2. The van der Waals surface area contributed by atoms with Crippen LogP contribution in [0.4, 0.5) is 13.6 Å². The number of nitrogens with one attached hydrogen (secondary N) is 2. The van der Waals surface area contributed by atoms with Crippen molar-refractivity contribution < 1.29 is 27.8 Å². The van der Waals surface area contributed by atoms with Crippen molar-refractivity contribution in [2.75, 3.05) is 26.3 Å². The van der Waals surface area contributed by atoms with Crippen molar-refractivity contribution >= 4 is 11.9 Å². The predicted octanol–water partition coefficient (Wildman–Crippen LogP) is 1.77. The van der Waals surface area contributed by atoms with Gasteiger partial charge in [-0.1, -0.05) is 18.2 Å². The molecule has 0 spiro atoms. The van der Waals surface area contributed by atoms with Gasteiger partial charge in [0, 0.05) is 24.4 Å². The molecule has 1 saturated heterocycles. The van der Waals surface area contributed by atoms with E-state index in [4.69, 9.17) is 4.74 Å². The summed E-state index contributed by atoms with van der Waals surface area (Å²) >= 11 is 0. The van der Waals surface area contributed by atoms with Crippen LogP contribution in [0.2, 0.25) is 0 Å². The van der Waals surface area contributed by atoms with Gasteiger partial charge in [0.1, 0.15) is 5.75 Å².